The molecule has 0 aromatic carbocycles. The van der Waals surface area contributed by atoms with Gasteiger partial charge in [0.05, 0.1) is 11.4 Å². The molecular formula is C8H16N4. The Morgan fingerprint density at radius 3 is 2.42 bits per heavy atom. The molecule has 0 fully saturated rings. The number of aryl methyl sites for hydroxylation is 1. The van der Waals surface area contributed by atoms with Crippen LogP contribution in [-0.2, 0) is 0 Å². The van der Waals surface area contributed by atoms with E-state index in [1.165, 1.54) is 0 Å². The maximum Gasteiger partial charge on any atom is 0.148 e. The first-order valence-electron chi connectivity index (χ1n) is 4.10. The summed E-state index contributed by atoms with van der Waals surface area (Å²) in [5.41, 5.74) is 7.43. The van der Waals surface area contributed by atoms with E-state index in [0.29, 0.717) is 6.04 Å². The highest BCUT2D eigenvalue weighted by atomic mass is 15.3. The fourth-order valence-electron chi connectivity index (χ4n) is 1.18. The van der Waals surface area contributed by atoms with Crippen LogP contribution >= 0.6 is 0 Å². The van der Waals surface area contributed by atoms with Gasteiger partial charge in [0.25, 0.3) is 0 Å². The smallest absolute Gasteiger partial charge is 0.148 e. The normalized spacial score (nSPS) is 10.8. The molecule has 0 saturated heterocycles. The molecule has 12 heavy (non-hydrogen) atoms. The molecule has 68 valence electrons. The molecule has 4 nitrogen and oxygen atoms in total. The lowest BCUT2D eigenvalue weighted by molar-refractivity contribution is 0.535. The zero-order valence-electron chi connectivity index (χ0n) is 8.05. The van der Waals surface area contributed by atoms with Crippen LogP contribution in [0.5, 0.6) is 0 Å². The summed E-state index contributed by atoms with van der Waals surface area (Å²) in [4.78, 5) is 0. The molecule has 1 aromatic rings. The zero-order chi connectivity index (χ0) is 9.30. The van der Waals surface area contributed by atoms with Gasteiger partial charge in [-0.3, -0.25) is 0 Å². The predicted molar refractivity (Wildman–Crippen MR) is 51.3 cm³/mol. The van der Waals surface area contributed by atoms with Crippen LogP contribution in [0.15, 0.2) is 0 Å². The zero-order valence-corrected chi connectivity index (χ0v) is 8.05. The van der Waals surface area contributed by atoms with Gasteiger partial charge in [-0.05, 0) is 20.8 Å². The third-order valence-electron chi connectivity index (χ3n) is 1.86. The summed E-state index contributed by atoms with van der Waals surface area (Å²) in [6.07, 6.45) is 0. The van der Waals surface area contributed by atoms with Gasteiger partial charge in [-0.15, -0.1) is 0 Å². The maximum atomic E-state index is 5.81. The van der Waals surface area contributed by atoms with Gasteiger partial charge in [0.15, 0.2) is 0 Å². The highest BCUT2D eigenvalue weighted by Gasteiger charge is 2.12. The number of anilines is 2. The topological polar surface area (TPSA) is 55.9 Å². The molecule has 1 heterocycles. The second-order valence-corrected chi connectivity index (χ2v) is 3.14. The lowest BCUT2D eigenvalue weighted by atomic mass is 10.3. The second kappa shape index (κ2) is 3.05. The van der Waals surface area contributed by atoms with Gasteiger partial charge in [0, 0.05) is 13.1 Å². The van der Waals surface area contributed by atoms with E-state index in [4.69, 9.17) is 5.73 Å². The number of nitrogens with zero attached hydrogens (tertiary/aromatic N) is 2. The molecule has 0 saturated carbocycles. The summed E-state index contributed by atoms with van der Waals surface area (Å²) >= 11 is 0. The lowest BCUT2D eigenvalue weighted by Gasteiger charge is -2.09. The molecule has 0 aliphatic carbocycles. The Kier molecular flexibility index (Phi) is 2.26. The number of nitrogen functional groups attached to an aromatic ring is 1. The molecule has 0 atom stereocenters. The van der Waals surface area contributed by atoms with Gasteiger partial charge in [-0.2, -0.15) is 5.10 Å². The number of nitrogens with two attached hydrogens (primary N) is 1. The first-order valence-corrected chi connectivity index (χ1v) is 4.10. The Balaban J connectivity index is 3.20. The van der Waals surface area contributed by atoms with E-state index >= 15 is 0 Å². The Morgan fingerprint density at radius 2 is 2.08 bits per heavy atom. The van der Waals surface area contributed by atoms with Crippen molar-refractivity contribution in [1.29, 1.82) is 0 Å². The van der Waals surface area contributed by atoms with E-state index in [9.17, 15) is 0 Å². The number of aromatic nitrogens is 2. The van der Waals surface area contributed by atoms with Crippen molar-refractivity contribution >= 4 is 11.5 Å². The standard InChI is InChI=1S/C8H16N4/c1-5(2)12-8(10-4)7(9)6(3)11-12/h5,10H,9H2,1-4H3. The minimum atomic E-state index is 0.337. The lowest BCUT2D eigenvalue weighted by Crippen LogP contribution is -2.07. The summed E-state index contributed by atoms with van der Waals surface area (Å²) < 4.78 is 1.89. The summed E-state index contributed by atoms with van der Waals surface area (Å²) in [7, 11) is 1.85. The molecule has 0 radical (unpaired) electrons. The molecular weight excluding hydrogens is 152 g/mol. The SMILES string of the molecule is CNc1c(N)c(C)nn1C(C)C. The quantitative estimate of drug-likeness (QED) is 0.701. The largest absolute Gasteiger partial charge is 0.394 e. The van der Waals surface area contributed by atoms with Gasteiger partial charge in [-0.25, -0.2) is 4.68 Å². The van der Waals surface area contributed by atoms with Crippen LogP contribution in [0.2, 0.25) is 0 Å². The predicted octanol–water partition coefficient (Wildman–Crippen LogP) is 1.40. The second-order valence-electron chi connectivity index (χ2n) is 3.14. The minimum absolute atomic E-state index is 0.337. The van der Waals surface area contributed by atoms with Crippen LogP contribution in [0.1, 0.15) is 25.6 Å². The monoisotopic (exact) mass is 168 g/mol. The number of nitrogens with one attached hydrogen (secondary N) is 1. The van der Waals surface area contributed by atoms with Gasteiger partial charge >= 0.3 is 0 Å². The van der Waals surface area contributed by atoms with Crippen LogP contribution in [-0.4, -0.2) is 16.8 Å². The summed E-state index contributed by atoms with van der Waals surface area (Å²) in [6, 6.07) is 0.337. The summed E-state index contributed by atoms with van der Waals surface area (Å²) in [5.74, 6) is 0.905. The Labute approximate surface area is 72.8 Å². The van der Waals surface area contributed by atoms with Gasteiger partial charge in [0.1, 0.15) is 5.82 Å². The van der Waals surface area contributed by atoms with Crippen LogP contribution in [0.25, 0.3) is 0 Å². The van der Waals surface area contributed by atoms with Gasteiger partial charge < -0.3 is 11.1 Å². The highest BCUT2D eigenvalue weighted by molar-refractivity contribution is 5.64. The minimum Gasteiger partial charge on any atom is -0.394 e. The Morgan fingerprint density at radius 1 is 1.50 bits per heavy atom. The van der Waals surface area contributed by atoms with Crippen LogP contribution in [0.3, 0.4) is 0 Å². The Bertz CT molecular complexity index is 275. The first kappa shape index (κ1) is 8.90. The summed E-state index contributed by atoms with van der Waals surface area (Å²) in [6.45, 7) is 6.06. The molecule has 3 N–H and O–H groups in total. The molecule has 1 aromatic heterocycles. The van der Waals surface area contributed by atoms with Crippen molar-refractivity contribution < 1.29 is 0 Å². The van der Waals surface area contributed by atoms with Crippen molar-refractivity contribution in [2.75, 3.05) is 18.1 Å². The summed E-state index contributed by atoms with van der Waals surface area (Å²) in [5, 5.41) is 7.35. The maximum absolute atomic E-state index is 5.81. The highest BCUT2D eigenvalue weighted by Crippen LogP contribution is 2.24. The van der Waals surface area contributed by atoms with E-state index in [1.807, 2.05) is 18.7 Å². The number of hydrogen-bond acceptors (Lipinski definition) is 3. The van der Waals surface area contributed by atoms with Crippen LogP contribution in [0.4, 0.5) is 11.5 Å². The van der Waals surface area contributed by atoms with E-state index in [0.717, 1.165) is 17.2 Å². The van der Waals surface area contributed by atoms with Crippen molar-refractivity contribution in [2.24, 2.45) is 0 Å². The molecule has 1 rings (SSSR count). The molecule has 4 heteroatoms. The van der Waals surface area contributed by atoms with E-state index < -0.39 is 0 Å². The first-order chi connectivity index (χ1) is 5.57. The van der Waals surface area contributed by atoms with Gasteiger partial charge in [0.2, 0.25) is 0 Å². The van der Waals surface area contributed by atoms with Crippen LogP contribution < -0.4 is 11.1 Å². The third-order valence-corrected chi connectivity index (χ3v) is 1.86. The van der Waals surface area contributed by atoms with E-state index in [-0.39, 0.29) is 0 Å². The molecule has 0 aliphatic rings. The molecule has 0 amide bonds. The van der Waals surface area contributed by atoms with Crippen molar-refractivity contribution in [3.63, 3.8) is 0 Å². The van der Waals surface area contributed by atoms with Gasteiger partial charge in [-0.1, -0.05) is 0 Å². The van der Waals surface area contributed by atoms with Crippen molar-refractivity contribution in [2.45, 2.75) is 26.8 Å². The fourth-order valence-corrected chi connectivity index (χ4v) is 1.18. The average Bonchev–Trinajstić information content (AvgIpc) is 2.29. The molecule has 0 spiro atoms. The van der Waals surface area contributed by atoms with Crippen molar-refractivity contribution in [3.8, 4) is 0 Å². The third kappa shape index (κ3) is 1.24. The van der Waals surface area contributed by atoms with Crippen LogP contribution in [0, 0.1) is 6.92 Å². The fraction of sp³-hybridized carbons (Fsp3) is 0.625. The molecule has 0 aliphatic heterocycles. The molecule has 0 unspecified atom stereocenters. The van der Waals surface area contributed by atoms with Crippen molar-refractivity contribution in [3.05, 3.63) is 5.69 Å². The number of rotatable bonds is 2. The van der Waals surface area contributed by atoms with Crippen molar-refractivity contribution in [1.82, 2.24) is 9.78 Å². The Hall–Kier alpha value is -1.19. The number of hydrogen-bond donors (Lipinski definition) is 2. The van der Waals surface area contributed by atoms with E-state index in [2.05, 4.69) is 24.3 Å². The van der Waals surface area contributed by atoms with E-state index in [1.54, 1.807) is 0 Å². The molecule has 0 bridgehead atoms. The average molecular weight is 168 g/mol.